The Kier molecular flexibility index (Phi) is 5.78. The second-order valence-corrected chi connectivity index (χ2v) is 4.40. The van der Waals surface area contributed by atoms with Gasteiger partial charge in [-0.05, 0) is 25.3 Å². The van der Waals surface area contributed by atoms with Crippen molar-refractivity contribution >= 4 is 0 Å². The van der Waals surface area contributed by atoms with E-state index in [2.05, 4.69) is 24.1 Å². The van der Waals surface area contributed by atoms with E-state index in [4.69, 9.17) is 0 Å². The Morgan fingerprint density at radius 2 is 2.25 bits per heavy atom. The molecule has 0 saturated carbocycles. The minimum Gasteiger partial charge on any atom is -0.315 e. The van der Waals surface area contributed by atoms with Gasteiger partial charge in [0, 0.05) is 25.4 Å². The third-order valence-corrected chi connectivity index (χ3v) is 2.46. The second-order valence-electron chi connectivity index (χ2n) is 4.40. The number of hydrogen-bond donors (Lipinski definition) is 1. The molecule has 16 heavy (non-hydrogen) atoms. The van der Waals surface area contributed by atoms with Crippen LogP contribution >= 0.6 is 0 Å². The number of aromatic nitrogens is 2. The van der Waals surface area contributed by atoms with Crippen molar-refractivity contribution in [2.24, 2.45) is 5.92 Å². The summed E-state index contributed by atoms with van der Waals surface area (Å²) < 4.78 is 1.62. The molecular weight excluding hydrogens is 202 g/mol. The standard InChI is InChI=1S/C12H21N3O/c1-11(2)4-3-6-13-8-9-15-10-14-7-5-12(15)16/h5,7,10-11,13H,3-4,6,8-9H2,1-2H3. The number of nitrogens with zero attached hydrogens (tertiary/aromatic N) is 2. The van der Waals surface area contributed by atoms with Gasteiger partial charge in [0.1, 0.15) is 0 Å². The summed E-state index contributed by atoms with van der Waals surface area (Å²) in [5, 5.41) is 3.33. The smallest absolute Gasteiger partial charge is 0.253 e. The van der Waals surface area contributed by atoms with Gasteiger partial charge in [0.05, 0.1) is 6.33 Å². The normalized spacial score (nSPS) is 10.9. The highest BCUT2D eigenvalue weighted by Crippen LogP contribution is 2.01. The van der Waals surface area contributed by atoms with Gasteiger partial charge in [-0.1, -0.05) is 13.8 Å². The molecule has 0 saturated heterocycles. The highest BCUT2D eigenvalue weighted by molar-refractivity contribution is 4.81. The van der Waals surface area contributed by atoms with Crippen LogP contribution in [0.3, 0.4) is 0 Å². The van der Waals surface area contributed by atoms with E-state index in [9.17, 15) is 4.79 Å². The zero-order chi connectivity index (χ0) is 11.8. The summed E-state index contributed by atoms with van der Waals surface area (Å²) in [6, 6.07) is 1.48. The Morgan fingerprint density at radius 3 is 2.94 bits per heavy atom. The van der Waals surface area contributed by atoms with Crippen molar-refractivity contribution in [1.29, 1.82) is 0 Å². The molecule has 1 rings (SSSR count). The summed E-state index contributed by atoms with van der Waals surface area (Å²) >= 11 is 0. The Balaban J connectivity index is 2.12. The minimum atomic E-state index is 0.0129. The Hall–Kier alpha value is -1.16. The van der Waals surface area contributed by atoms with Gasteiger partial charge >= 0.3 is 0 Å². The fourth-order valence-electron chi connectivity index (χ4n) is 1.51. The fraction of sp³-hybridized carbons (Fsp3) is 0.667. The van der Waals surface area contributed by atoms with Gasteiger partial charge in [0.25, 0.3) is 5.56 Å². The van der Waals surface area contributed by atoms with Crippen molar-refractivity contribution < 1.29 is 0 Å². The van der Waals surface area contributed by atoms with Gasteiger partial charge in [0.15, 0.2) is 0 Å². The molecule has 1 aromatic rings. The Bertz CT molecular complexity index is 346. The van der Waals surface area contributed by atoms with Crippen molar-refractivity contribution in [2.45, 2.75) is 33.2 Å². The van der Waals surface area contributed by atoms with E-state index in [1.165, 1.54) is 25.1 Å². The van der Waals surface area contributed by atoms with Crippen LogP contribution in [0.15, 0.2) is 23.4 Å². The number of rotatable bonds is 7. The van der Waals surface area contributed by atoms with Crippen LogP contribution < -0.4 is 10.9 Å². The van der Waals surface area contributed by atoms with Crippen molar-refractivity contribution in [3.05, 3.63) is 28.9 Å². The average Bonchev–Trinajstić information content (AvgIpc) is 2.25. The number of hydrogen-bond acceptors (Lipinski definition) is 3. The average molecular weight is 223 g/mol. The molecule has 1 N–H and O–H groups in total. The van der Waals surface area contributed by atoms with Crippen LogP contribution in [0.4, 0.5) is 0 Å². The first-order valence-corrected chi connectivity index (χ1v) is 5.91. The van der Waals surface area contributed by atoms with E-state index in [-0.39, 0.29) is 5.56 Å². The van der Waals surface area contributed by atoms with Crippen molar-refractivity contribution in [1.82, 2.24) is 14.9 Å². The molecule has 0 bridgehead atoms. The van der Waals surface area contributed by atoms with E-state index in [1.807, 2.05) is 0 Å². The quantitative estimate of drug-likeness (QED) is 0.708. The first kappa shape index (κ1) is 12.9. The predicted molar refractivity (Wildman–Crippen MR) is 65.4 cm³/mol. The van der Waals surface area contributed by atoms with E-state index >= 15 is 0 Å². The van der Waals surface area contributed by atoms with Gasteiger partial charge in [-0.3, -0.25) is 9.36 Å². The summed E-state index contributed by atoms with van der Waals surface area (Å²) in [5.41, 5.74) is 0.0129. The molecule has 4 heteroatoms. The lowest BCUT2D eigenvalue weighted by molar-refractivity contribution is 0.511. The van der Waals surface area contributed by atoms with Gasteiger partial charge in [-0.15, -0.1) is 0 Å². The number of nitrogens with one attached hydrogen (secondary N) is 1. The third kappa shape index (κ3) is 5.07. The maximum Gasteiger partial charge on any atom is 0.253 e. The van der Waals surface area contributed by atoms with Crippen molar-refractivity contribution in [3.63, 3.8) is 0 Å². The largest absolute Gasteiger partial charge is 0.315 e. The molecule has 0 aliphatic carbocycles. The molecule has 0 amide bonds. The van der Waals surface area contributed by atoms with E-state index in [1.54, 1.807) is 10.9 Å². The molecule has 1 heterocycles. The zero-order valence-corrected chi connectivity index (χ0v) is 10.1. The topological polar surface area (TPSA) is 46.9 Å². The van der Waals surface area contributed by atoms with Crippen LogP contribution in [0.2, 0.25) is 0 Å². The van der Waals surface area contributed by atoms with Gasteiger partial charge in [-0.2, -0.15) is 0 Å². The molecule has 90 valence electrons. The predicted octanol–water partition coefficient (Wildman–Crippen LogP) is 1.27. The van der Waals surface area contributed by atoms with E-state index in [0.717, 1.165) is 19.0 Å². The van der Waals surface area contributed by atoms with Crippen molar-refractivity contribution in [2.75, 3.05) is 13.1 Å². The molecule has 0 radical (unpaired) electrons. The van der Waals surface area contributed by atoms with Crippen LogP contribution in [-0.4, -0.2) is 22.6 Å². The van der Waals surface area contributed by atoms with Crippen molar-refractivity contribution in [3.8, 4) is 0 Å². The molecule has 0 aliphatic heterocycles. The highest BCUT2D eigenvalue weighted by atomic mass is 16.1. The lowest BCUT2D eigenvalue weighted by atomic mass is 10.1. The third-order valence-electron chi connectivity index (χ3n) is 2.46. The van der Waals surface area contributed by atoms with E-state index in [0.29, 0.717) is 6.54 Å². The first-order chi connectivity index (χ1) is 7.70. The Labute approximate surface area is 96.7 Å². The lowest BCUT2D eigenvalue weighted by Gasteiger charge is -2.07. The zero-order valence-electron chi connectivity index (χ0n) is 10.1. The van der Waals surface area contributed by atoms with Crippen LogP contribution in [-0.2, 0) is 6.54 Å². The van der Waals surface area contributed by atoms with Gasteiger partial charge in [-0.25, -0.2) is 4.98 Å². The minimum absolute atomic E-state index is 0.0129. The van der Waals surface area contributed by atoms with Crippen LogP contribution in [0.25, 0.3) is 0 Å². The summed E-state index contributed by atoms with van der Waals surface area (Å²) in [6.07, 6.45) is 5.55. The highest BCUT2D eigenvalue weighted by Gasteiger charge is 1.95. The monoisotopic (exact) mass is 223 g/mol. The molecule has 0 aliphatic rings. The van der Waals surface area contributed by atoms with Gasteiger partial charge < -0.3 is 5.32 Å². The molecule has 0 aromatic carbocycles. The Morgan fingerprint density at radius 1 is 1.44 bits per heavy atom. The van der Waals surface area contributed by atoms with E-state index < -0.39 is 0 Å². The summed E-state index contributed by atoms with van der Waals surface area (Å²) in [5.74, 6) is 0.766. The van der Waals surface area contributed by atoms with Crippen LogP contribution in [0.5, 0.6) is 0 Å². The molecule has 0 fully saturated rings. The van der Waals surface area contributed by atoms with Crippen LogP contribution in [0.1, 0.15) is 26.7 Å². The summed E-state index contributed by atoms with van der Waals surface area (Å²) in [4.78, 5) is 15.2. The SMILES string of the molecule is CC(C)CCCNCCn1cnccc1=O. The maximum absolute atomic E-state index is 11.3. The maximum atomic E-state index is 11.3. The molecule has 1 aromatic heterocycles. The summed E-state index contributed by atoms with van der Waals surface area (Å²) in [7, 11) is 0. The van der Waals surface area contributed by atoms with Crippen LogP contribution in [0, 0.1) is 5.92 Å². The first-order valence-electron chi connectivity index (χ1n) is 5.91. The summed E-state index contributed by atoms with van der Waals surface area (Å²) in [6.45, 7) is 7.00. The molecule has 4 nitrogen and oxygen atoms in total. The fourth-order valence-corrected chi connectivity index (χ4v) is 1.51. The second kappa shape index (κ2) is 7.17. The molecule has 0 unspecified atom stereocenters. The molecule has 0 atom stereocenters. The van der Waals surface area contributed by atoms with Gasteiger partial charge in [0.2, 0.25) is 0 Å². The molecule has 0 spiro atoms. The molecular formula is C12H21N3O. The lowest BCUT2D eigenvalue weighted by Crippen LogP contribution is -2.27.